The van der Waals surface area contributed by atoms with E-state index in [0.717, 1.165) is 30.1 Å². The normalized spacial score (nSPS) is 34.7. The zero-order valence-electron chi connectivity index (χ0n) is 13.5. The topological polar surface area (TPSA) is 0 Å². The molecule has 2 aliphatic carbocycles. The molecule has 2 rings (SSSR count). The second kappa shape index (κ2) is 8.56. The maximum absolute atomic E-state index is 3.51. The van der Waals surface area contributed by atoms with Crippen LogP contribution in [0.5, 0.6) is 0 Å². The maximum Gasteiger partial charge on any atom is 0.0203 e. The number of allylic oxidation sites excluding steroid dienone is 2. The monoisotopic (exact) mass is 272 g/mol. The largest absolute Gasteiger partial charge is 0.103 e. The fourth-order valence-electron chi connectivity index (χ4n) is 4.16. The van der Waals surface area contributed by atoms with Gasteiger partial charge < -0.3 is 0 Å². The van der Waals surface area contributed by atoms with Crippen molar-refractivity contribution in [2.45, 2.75) is 78.1 Å². The molecule has 0 saturated heterocycles. The quantitative estimate of drug-likeness (QED) is 0.438. The van der Waals surface area contributed by atoms with Crippen LogP contribution in [0.25, 0.3) is 0 Å². The summed E-state index contributed by atoms with van der Waals surface area (Å²) < 4.78 is 0. The molecule has 0 bridgehead atoms. The van der Waals surface area contributed by atoms with Gasteiger partial charge in [0.15, 0.2) is 0 Å². The van der Waals surface area contributed by atoms with Crippen molar-refractivity contribution in [3.05, 3.63) is 12.2 Å². The van der Waals surface area contributed by atoms with E-state index in [1.54, 1.807) is 0 Å². The first kappa shape index (κ1) is 15.7. The molecular weight excluding hydrogens is 240 g/mol. The van der Waals surface area contributed by atoms with Crippen molar-refractivity contribution in [3.8, 4) is 11.8 Å². The Bertz CT molecular complexity index is 338. The minimum atomic E-state index is 0.720. The third-order valence-electron chi connectivity index (χ3n) is 5.40. The summed E-state index contributed by atoms with van der Waals surface area (Å²) in [6, 6.07) is 0. The van der Waals surface area contributed by atoms with E-state index in [2.05, 4.69) is 37.8 Å². The summed E-state index contributed by atoms with van der Waals surface area (Å²) in [4.78, 5) is 0. The van der Waals surface area contributed by atoms with Gasteiger partial charge in [-0.05, 0) is 82.5 Å². The summed E-state index contributed by atoms with van der Waals surface area (Å²) in [7, 11) is 0. The molecular formula is C20H32. The molecule has 0 spiro atoms. The predicted molar refractivity (Wildman–Crippen MR) is 88.4 cm³/mol. The first-order valence-electron chi connectivity index (χ1n) is 8.94. The molecule has 0 atom stereocenters. The molecule has 0 N–H and O–H groups in total. The summed E-state index contributed by atoms with van der Waals surface area (Å²) >= 11 is 0. The van der Waals surface area contributed by atoms with Crippen LogP contribution in [0.4, 0.5) is 0 Å². The Morgan fingerprint density at radius 3 is 2.05 bits per heavy atom. The SMILES string of the molecule is C/C=C/C1CCC([C@H]2CC[C@H](C#CCCC)CC2)CC1. The lowest BCUT2D eigenvalue weighted by molar-refractivity contribution is 0.168. The third-order valence-corrected chi connectivity index (χ3v) is 5.40. The molecule has 112 valence electrons. The van der Waals surface area contributed by atoms with E-state index in [1.807, 2.05) is 0 Å². The lowest BCUT2D eigenvalue weighted by Crippen LogP contribution is -2.25. The zero-order chi connectivity index (χ0) is 14.2. The highest BCUT2D eigenvalue weighted by Gasteiger charge is 2.29. The van der Waals surface area contributed by atoms with Gasteiger partial charge in [0.1, 0.15) is 0 Å². The van der Waals surface area contributed by atoms with Gasteiger partial charge in [0.25, 0.3) is 0 Å². The minimum Gasteiger partial charge on any atom is -0.103 e. The Balaban J connectivity index is 1.71. The highest BCUT2D eigenvalue weighted by atomic mass is 14.3. The van der Waals surface area contributed by atoms with E-state index < -0.39 is 0 Å². The van der Waals surface area contributed by atoms with Crippen LogP contribution in [-0.4, -0.2) is 0 Å². The predicted octanol–water partition coefficient (Wildman–Crippen LogP) is 5.98. The molecule has 0 amide bonds. The molecule has 0 aromatic rings. The number of hydrogen-bond donors (Lipinski definition) is 0. The summed E-state index contributed by atoms with van der Waals surface area (Å²) in [5, 5.41) is 0. The van der Waals surface area contributed by atoms with Gasteiger partial charge in [0.05, 0.1) is 0 Å². The molecule has 0 nitrogen and oxygen atoms in total. The third kappa shape index (κ3) is 4.69. The second-order valence-corrected chi connectivity index (χ2v) is 6.88. The van der Waals surface area contributed by atoms with Gasteiger partial charge in [-0.25, -0.2) is 0 Å². The van der Waals surface area contributed by atoms with E-state index in [9.17, 15) is 0 Å². The number of unbranched alkanes of at least 4 members (excludes halogenated alkanes) is 1. The first-order valence-corrected chi connectivity index (χ1v) is 8.94. The Morgan fingerprint density at radius 2 is 1.50 bits per heavy atom. The highest BCUT2D eigenvalue weighted by molar-refractivity contribution is 5.05. The molecule has 0 aromatic carbocycles. The molecule has 0 aromatic heterocycles. The molecule has 20 heavy (non-hydrogen) atoms. The zero-order valence-corrected chi connectivity index (χ0v) is 13.5. The van der Waals surface area contributed by atoms with Gasteiger partial charge in [-0.1, -0.05) is 25.0 Å². The van der Waals surface area contributed by atoms with Crippen molar-refractivity contribution in [2.75, 3.05) is 0 Å². The Kier molecular flexibility index (Phi) is 6.71. The summed E-state index contributed by atoms with van der Waals surface area (Å²) in [5.41, 5.74) is 0. The van der Waals surface area contributed by atoms with E-state index in [-0.39, 0.29) is 0 Å². The standard InChI is InChI=1S/C20H32/c1-3-5-6-8-18-11-15-20(16-12-18)19-13-9-17(7-4-2)10-14-19/h4,7,17-20H,3,5,9-16H2,1-2H3/b7-4+/t17?,18-,19?,20-. The first-order chi connectivity index (χ1) is 9.83. The van der Waals surface area contributed by atoms with Crippen molar-refractivity contribution >= 4 is 0 Å². The van der Waals surface area contributed by atoms with Crippen LogP contribution >= 0.6 is 0 Å². The molecule has 2 aliphatic rings. The molecule has 0 aliphatic heterocycles. The van der Waals surface area contributed by atoms with Gasteiger partial charge in [0, 0.05) is 12.3 Å². The summed E-state index contributed by atoms with van der Waals surface area (Å²) in [5.74, 6) is 10.5. The van der Waals surface area contributed by atoms with Crippen LogP contribution in [0.2, 0.25) is 0 Å². The van der Waals surface area contributed by atoms with Gasteiger partial charge in [-0.15, -0.1) is 5.92 Å². The summed E-state index contributed by atoms with van der Waals surface area (Å²) in [6.45, 7) is 4.38. The van der Waals surface area contributed by atoms with Crippen molar-refractivity contribution < 1.29 is 0 Å². The summed E-state index contributed by atoms with van der Waals surface area (Å²) in [6.07, 6.45) is 18.4. The van der Waals surface area contributed by atoms with Gasteiger partial charge >= 0.3 is 0 Å². The van der Waals surface area contributed by atoms with Crippen LogP contribution in [0.3, 0.4) is 0 Å². The van der Waals surface area contributed by atoms with Crippen molar-refractivity contribution in [1.82, 2.24) is 0 Å². The minimum absolute atomic E-state index is 0.720. The Labute approximate surface area is 126 Å². The van der Waals surface area contributed by atoms with Gasteiger partial charge in [-0.3, -0.25) is 0 Å². The maximum atomic E-state index is 3.51. The molecule has 0 heterocycles. The van der Waals surface area contributed by atoms with E-state index >= 15 is 0 Å². The molecule has 0 radical (unpaired) electrons. The lowest BCUT2D eigenvalue weighted by Gasteiger charge is -2.36. The van der Waals surface area contributed by atoms with Gasteiger partial charge in [0.2, 0.25) is 0 Å². The molecule has 2 saturated carbocycles. The average molecular weight is 272 g/mol. The average Bonchev–Trinajstić information content (AvgIpc) is 2.49. The number of rotatable bonds is 3. The van der Waals surface area contributed by atoms with Gasteiger partial charge in [-0.2, -0.15) is 0 Å². The Morgan fingerprint density at radius 1 is 0.900 bits per heavy atom. The van der Waals surface area contributed by atoms with Crippen molar-refractivity contribution in [2.24, 2.45) is 23.7 Å². The van der Waals surface area contributed by atoms with E-state index in [0.29, 0.717) is 0 Å². The highest BCUT2D eigenvalue weighted by Crippen LogP contribution is 2.41. The second-order valence-electron chi connectivity index (χ2n) is 6.88. The number of hydrogen-bond acceptors (Lipinski definition) is 0. The molecule has 0 heteroatoms. The Hall–Kier alpha value is -0.700. The lowest BCUT2D eigenvalue weighted by atomic mass is 9.69. The smallest absolute Gasteiger partial charge is 0.0203 e. The van der Waals surface area contributed by atoms with Crippen LogP contribution in [0.15, 0.2) is 12.2 Å². The molecule has 2 fully saturated rings. The van der Waals surface area contributed by atoms with Crippen LogP contribution in [0.1, 0.15) is 78.1 Å². The van der Waals surface area contributed by atoms with E-state index in [4.69, 9.17) is 0 Å². The van der Waals surface area contributed by atoms with Crippen LogP contribution in [0, 0.1) is 35.5 Å². The fraction of sp³-hybridized carbons (Fsp3) is 0.800. The molecule has 0 unspecified atom stereocenters. The van der Waals surface area contributed by atoms with E-state index in [1.165, 1.54) is 57.8 Å². The van der Waals surface area contributed by atoms with Crippen LogP contribution < -0.4 is 0 Å². The van der Waals surface area contributed by atoms with Crippen LogP contribution in [-0.2, 0) is 0 Å². The fourth-order valence-corrected chi connectivity index (χ4v) is 4.16. The van der Waals surface area contributed by atoms with Crippen molar-refractivity contribution in [1.29, 1.82) is 0 Å². The van der Waals surface area contributed by atoms with Crippen molar-refractivity contribution in [3.63, 3.8) is 0 Å².